The molecular weight excluding hydrogens is 897 g/mol. The van der Waals surface area contributed by atoms with Crippen LogP contribution in [-0.2, 0) is 4.74 Å². The van der Waals surface area contributed by atoms with Crippen LogP contribution in [0.15, 0.2) is 23.8 Å². The molecule has 74 heavy (non-hydrogen) atoms. The van der Waals surface area contributed by atoms with Crippen molar-refractivity contribution in [2.24, 2.45) is 35.5 Å². The van der Waals surface area contributed by atoms with Gasteiger partial charge < -0.3 is 9.84 Å². The molecule has 6 atom stereocenters. The van der Waals surface area contributed by atoms with E-state index in [1.54, 1.807) is 0 Å². The van der Waals surface area contributed by atoms with Crippen LogP contribution in [0.3, 0.4) is 0 Å². The number of ether oxygens (including phenoxy) is 1. The van der Waals surface area contributed by atoms with Crippen molar-refractivity contribution in [3.05, 3.63) is 23.8 Å². The first-order valence-electron chi connectivity index (χ1n) is 34.4. The zero-order chi connectivity index (χ0) is 54.6. The molecule has 0 saturated carbocycles. The van der Waals surface area contributed by atoms with Crippen molar-refractivity contribution in [1.82, 2.24) is 0 Å². The van der Waals surface area contributed by atoms with E-state index in [1.165, 1.54) is 282 Å². The standard InChI is InChI=1S/C72H142O2/c1-12-13-14-15-16-17-18-19-20-21-22-23-24-25-26-27-28-29-30-31-32-33-34-35-36-37-38-39-40-41-63-74-71(72(11,73)62-48-60-70(10)58-46-54-67(7)52-43-50-65(4)5)61-47-59-69(9)57-45-56-68(8)55-44-53-66(6)51-42-49-64(2)3/h19-20,59,64-68,70-71,73H,12-18,21-58,60-63H2,1-11H3. The second-order valence-electron chi connectivity index (χ2n) is 26.9. The maximum atomic E-state index is 12.0. The lowest BCUT2D eigenvalue weighted by Gasteiger charge is -2.33. The monoisotopic (exact) mass is 1040 g/mol. The third-order valence-corrected chi connectivity index (χ3v) is 17.5. The smallest absolute Gasteiger partial charge is 0.0880 e. The Morgan fingerprint density at radius 3 is 1.08 bits per heavy atom. The van der Waals surface area contributed by atoms with Gasteiger partial charge in [-0.2, -0.15) is 0 Å². The predicted molar refractivity (Wildman–Crippen MR) is 337 cm³/mol. The van der Waals surface area contributed by atoms with Crippen LogP contribution in [0.2, 0.25) is 0 Å². The Hall–Kier alpha value is -0.600. The van der Waals surface area contributed by atoms with Crippen LogP contribution in [0.25, 0.3) is 0 Å². The highest BCUT2D eigenvalue weighted by Crippen LogP contribution is 2.29. The Bertz CT molecular complexity index is 1160. The quantitative estimate of drug-likeness (QED) is 0.0486. The second-order valence-corrected chi connectivity index (χ2v) is 26.9. The topological polar surface area (TPSA) is 29.5 Å². The summed E-state index contributed by atoms with van der Waals surface area (Å²) in [5.74, 6) is 4.99. The minimum absolute atomic E-state index is 0.0802. The zero-order valence-electron chi connectivity index (χ0n) is 53.3. The molecule has 0 aromatic carbocycles. The average Bonchev–Trinajstić information content (AvgIpc) is 3.34. The van der Waals surface area contributed by atoms with Crippen molar-refractivity contribution in [2.45, 2.75) is 396 Å². The molecule has 0 saturated heterocycles. The fourth-order valence-corrected chi connectivity index (χ4v) is 11.9. The van der Waals surface area contributed by atoms with Gasteiger partial charge in [0.15, 0.2) is 0 Å². The Labute approximate surface area is 469 Å². The first-order valence-corrected chi connectivity index (χ1v) is 34.4. The maximum absolute atomic E-state index is 12.0. The van der Waals surface area contributed by atoms with Crippen LogP contribution in [0.5, 0.6) is 0 Å². The lowest BCUT2D eigenvalue weighted by atomic mass is 9.86. The predicted octanol–water partition coefficient (Wildman–Crippen LogP) is 25.2. The molecule has 0 radical (unpaired) electrons. The summed E-state index contributed by atoms with van der Waals surface area (Å²) in [6.07, 6.45) is 72.1. The van der Waals surface area contributed by atoms with Crippen LogP contribution < -0.4 is 0 Å². The van der Waals surface area contributed by atoms with E-state index in [1.807, 2.05) is 0 Å². The van der Waals surface area contributed by atoms with Crippen LogP contribution >= 0.6 is 0 Å². The molecule has 1 N–H and O–H groups in total. The highest BCUT2D eigenvalue weighted by molar-refractivity contribution is 4.99. The summed E-state index contributed by atoms with van der Waals surface area (Å²) in [7, 11) is 0. The molecule has 0 amide bonds. The second kappa shape index (κ2) is 54.4. The number of hydrogen-bond acceptors (Lipinski definition) is 2. The van der Waals surface area contributed by atoms with E-state index in [2.05, 4.69) is 94.4 Å². The van der Waals surface area contributed by atoms with Crippen molar-refractivity contribution >= 4 is 0 Å². The summed E-state index contributed by atoms with van der Waals surface area (Å²) in [6, 6.07) is 0. The fraction of sp³-hybridized carbons (Fsp3) is 0.944. The van der Waals surface area contributed by atoms with Gasteiger partial charge >= 0.3 is 0 Å². The van der Waals surface area contributed by atoms with E-state index >= 15 is 0 Å². The van der Waals surface area contributed by atoms with Crippen molar-refractivity contribution in [2.75, 3.05) is 6.61 Å². The minimum Gasteiger partial charge on any atom is -0.387 e. The Morgan fingerprint density at radius 2 is 0.703 bits per heavy atom. The molecule has 2 nitrogen and oxygen atoms in total. The number of allylic oxidation sites excluding steroid dienone is 4. The number of hydrogen-bond donors (Lipinski definition) is 1. The SMILES string of the molecule is CCCCCCCCC=CCCCCCCCCCCCCCCCCCCCCCCOC(CCC=C(C)CCCC(C)CCCC(C)CCCC(C)C)C(C)(O)CCCC(C)CCCC(C)CCCC(C)C. The van der Waals surface area contributed by atoms with Gasteiger partial charge in [-0.15, -0.1) is 0 Å². The van der Waals surface area contributed by atoms with Gasteiger partial charge in [0.1, 0.15) is 0 Å². The molecule has 6 unspecified atom stereocenters. The third-order valence-electron chi connectivity index (χ3n) is 17.5. The van der Waals surface area contributed by atoms with Gasteiger partial charge in [0.2, 0.25) is 0 Å². The zero-order valence-corrected chi connectivity index (χ0v) is 53.3. The first-order chi connectivity index (χ1) is 35.8. The average molecular weight is 1040 g/mol. The van der Waals surface area contributed by atoms with Crippen LogP contribution in [0.4, 0.5) is 0 Å². The molecule has 0 spiro atoms. The molecule has 0 aliphatic rings. The molecular formula is C72H142O2. The summed E-state index contributed by atoms with van der Waals surface area (Å²) in [6.45, 7) is 26.8. The molecule has 0 aliphatic heterocycles. The largest absolute Gasteiger partial charge is 0.387 e. The number of rotatable bonds is 59. The van der Waals surface area contributed by atoms with Gasteiger partial charge in [0.25, 0.3) is 0 Å². The van der Waals surface area contributed by atoms with Gasteiger partial charge in [-0.3, -0.25) is 0 Å². The van der Waals surface area contributed by atoms with E-state index < -0.39 is 5.60 Å². The minimum atomic E-state index is -0.766. The number of aliphatic hydroxyl groups is 1. The molecule has 442 valence electrons. The maximum Gasteiger partial charge on any atom is 0.0880 e. The summed E-state index contributed by atoms with van der Waals surface area (Å²) in [4.78, 5) is 0. The van der Waals surface area contributed by atoms with Crippen molar-refractivity contribution in [1.29, 1.82) is 0 Å². The highest BCUT2D eigenvalue weighted by atomic mass is 16.5. The molecule has 0 aromatic rings. The Kier molecular flexibility index (Phi) is 53.9. The Balaban J connectivity index is 4.35. The third kappa shape index (κ3) is 53.4. The molecule has 0 bridgehead atoms. The van der Waals surface area contributed by atoms with E-state index in [-0.39, 0.29) is 6.10 Å². The first kappa shape index (κ1) is 73.4. The lowest BCUT2D eigenvalue weighted by Crippen LogP contribution is -2.41. The van der Waals surface area contributed by atoms with Crippen LogP contribution in [-0.4, -0.2) is 23.4 Å². The highest BCUT2D eigenvalue weighted by Gasteiger charge is 2.32. The van der Waals surface area contributed by atoms with Gasteiger partial charge in [-0.25, -0.2) is 0 Å². The molecule has 0 heterocycles. The van der Waals surface area contributed by atoms with E-state index in [0.717, 1.165) is 74.2 Å². The van der Waals surface area contributed by atoms with E-state index in [0.29, 0.717) is 0 Å². The Morgan fingerprint density at radius 1 is 0.378 bits per heavy atom. The fourth-order valence-electron chi connectivity index (χ4n) is 11.9. The van der Waals surface area contributed by atoms with Crippen LogP contribution in [0, 0.1) is 35.5 Å². The van der Waals surface area contributed by atoms with E-state index in [4.69, 9.17) is 4.74 Å². The summed E-state index contributed by atoms with van der Waals surface area (Å²) in [5.41, 5.74) is 0.763. The van der Waals surface area contributed by atoms with Gasteiger partial charge in [0, 0.05) is 6.61 Å². The molecule has 0 aliphatic carbocycles. The molecule has 0 fully saturated rings. The van der Waals surface area contributed by atoms with E-state index in [9.17, 15) is 5.11 Å². The van der Waals surface area contributed by atoms with Gasteiger partial charge in [-0.1, -0.05) is 330 Å². The molecule has 2 heteroatoms. The summed E-state index contributed by atoms with van der Waals surface area (Å²) < 4.78 is 6.67. The summed E-state index contributed by atoms with van der Waals surface area (Å²) >= 11 is 0. The lowest BCUT2D eigenvalue weighted by molar-refractivity contribution is -0.107. The van der Waals surface area contributed by atoms with Gasteiger partial charge in [-0.05, 0) is 114 Å². The normalized spacial score (nSPS) is 15.4. The van der Waals surface area contributed by atoms with Crippen molar-refractivity contribution in [3.63, 3.8) is 0 Å². The number of unbranched alkanes of at least 4 members (excludes halogenated alkanes) is 26. The van der Waals surface area contributed by atoms with Crippen LogP contribution in [0.1, 0.15) is 384 Å². The van der Waals surface area contributed by atoms with Gasteiger partial charge in [0.05, 0.1) is 11.7 Å². The molecule has 0 aromatic heterocycles. The van der Waals surface area contributed by atoms with Crippen molar-refractivity contribution < 1.29 is 9.84 Å². The van der Waals surface area contributed by atoms with Crippen molar-refractivity contribution in [3.8, 4) is 0 Å². The molecule has 0 rings (SSSR count). The summed E-state index contributed by atoms with van der Waals surface area (Å²) in [5, 5.41) is 12.0.